The van der Waals surface area contributed by atoms with Crippen LogP contribution in [0.2, 0.25) is 5.02 Å². The molecule has 1 aliphatic carbocycles. The van der Waals surface area contributed by atoms with E-state index in [4.69, 9.17) is 27.3 Å². The number of hydrogen-bond donors (Lipinski definition) is 1. The van der Waals surface area contributed by atoms with Gasteiger partial charge in [-0.05, 0) is 66.5 Å². The molecule has 8 heteroatoms. The summed E-state index contributed by atoms with van der Waals surface area (Å²) in [6.07, 6.45) is 14.4. The maximum absolute atomic E-state index is 6.37. The highest BCUT2D eigenvalue weighted by Crippen LogP contribution is 2.45. The molecule has 0 saturated carbocycles. The van der Waals surface area contributed by atoms with Crippen LogP contribution in [-0.2, 0) is 12.8 Å². The molecule has 178 valence electrons. The summed E-state index contributed by atoms with van der Waals surface area (Å²) in [6, 6.07) is 10.8. The summed E-state index contributed by atoms with van der Waals surface area (Å²) in [7, 11) is 2.00. The molecule has 1 aromatic carbocycles. The fourth-order valence-corrected chi connectivity index (χ4v) is 6.64. The first-order valence-electron chi connectivity index (χ1n) is 11.9. The number of benzene rings is 1. The van der Waals surface area contributed by atoms with Crippen LogP contribution in [0.15, 0.2) is 86.2 Å². The van der Waals surface area contributed by atoms with Gasteiger partial charge in [0.1, 0.15) is 23.3 Å². The van der Waals surface area contributed by atoms with Gasteiger partial charge in [0.25, 0.3) is 0 Å². The molecule has 0 amide bonds. The molecule has 0 atom stereocenters. The van der Waals surface area contributed by atoms with Crippen molar-refractivity contribution in [2.45, 2.75) is 30.6 Å². The summed E-state index contributed by atoms with van der Waals surface area (Å²) < 4.78 is 0. The van der Waals surface area contributed by atoms with Crippen molar-refractivity contribution in [3.05, 3.63) is 87.5 Å². The number of nitrogen functional groups attached to an aromatic ring is 1. The van der Waals surface area contributed by atoms with E-state index in [1.807, 2.05) is 42.5 Å². The van der Waals surface area contributed by atoms with Crippen LogP contribution in [-0.4, -0.2) is 47.0 Å². The maximum Gasteiger partial charge on any atom is 0.147 e. The van der Waals surface area contributed by atoms with E-state index < -0.39 is 0 Å². The van der Waals surface area contributed by atoms with E-state index in [9.17, 15) is 0 Å². The number of halogens is 1. The number of rotatable bonds is 3. The van der Waals surface area contributed by atoms with Gasteiger partial charge in [-0.25, -0.2) is 15.0 Å². The highest BCUT2D eigenvalue weighted by Gasteiger charge is 2.40. The number of likely N-dealkylation sites (N-methyl/N-ethyl adjacent to an activating group) is 1. The normalized spacial score (nSPS) is 20.5. The molecule has 2 aromatic rings. The van der Waals surface area contributed by atoms with Crippen LogP contribution in [0.5, 0.6) is 0 Å². The van der Waals surface area contributed by atoms with E-state index in [2.05, 4.69) is 34.1 Å². The van der Waals surface area contributed by atoms with Gasteiger partial charge in [0.2, 0.25) is 0 Å². The number of fused-ring (bicyclic) bond motifs is 3. The summed E-state index contributed by atoms with van der Waals surface area (Å²) in [4.78, 5) is 20.2. The molecule has 35 heavy (non-hydrogen) atoms. The number of piperidine rings is 1. The molecule has 2 N–H and O–H groups in total. The van der Waals surface area contributed by atoms with Crippen LogP contribution >= 0.6 is 23.4 Å². The monoisotopic (exact) mass is 502 g/mol. The number of likely N-dealkylation sites (tertiary alicyclic amines) is 1. The van der Waals surface area contributed by atoms with Crippen molar-refractivity contribution in [3.63, 3.8) is 0 Å². The van der Waals surface area contributed by atoms with Crippen LogP contribution in [0, 0.1) is 5.41 Å². The van der Waals surface area contributed by atoms with E-state index >= 15 is 0 Å². The van der Waals surface area contributed by atoms with Crippen LogP contribution in [0.25, 0.3) is 0 Å². The summed E-state index contributed by atoms with van der Waals surface area (Å²) in [5, 5.41) is 0.464. The standard InChI is InChI=1S/C27H27ClN6S/c1-33-22-7-6-21(35-20-8-12-30-25(29)24(20)28)26(33)31-13-9-23(32-22)34-14-10-27(11-15-34)16-18-4-2-3-5-19(18)17-27/h2-9,12-13H,10-11,14-17H2,1H3,(H2,29,30). The minimum absolute atomic E-state index is 0.330. The largest absolute Gasteiger partial charge is 0.382 e. The lowest BCUT2D eigenvalue weighted by Crippen LogP contribution is -2.40. The number of nitrogens with two attached hydrogens (primary N) is 1. The third-order valence-corrected chi connectivity index (χ3v) is 9.02. The van der Waals surface area contributed by atoms with Gasteiger partial charge in [0, 0.05) is 37.4 Å². The van der Waals surface area contributed by atoms with E-state index in [0.717, 1.165) is 40.4 Å². The summed E-state index contributed by atoms with van der Waals surface area (Å²) in [5.41, 5.74) is 9.37. The second-order valence-corrected chi connectivity index (χ2v) is 11.0. The van der Waals surface area contributed by atoms with E-state index in [-0.39, 0.29) is 0 Å². The van der Waals surface area contributed by atoms with Crippen molar-refractivity contribution >= 4 is 41.2 Å². The molecule has 0 radical (unpaired) electrons. The van der Waals surface area contributed by atoms with Gasteiger partial charge >= 0.3 is 0 Å². The quantitative estimate of drug-likeness (QED) is 0.618. The number of allylic oxidation sites excluding steroid dienone is 2. The third-order valence-electron chi connectivity index (χ3n) is 7.41. The lowest BCUT2D eigenvalue weighted by molar-refractivity contribution is 0.135. The number of nitrogens with zero attached hydrogens (tertiary/aromatic N) is 5. The van der Waals surface area contributed by atoms with Crippen LogP contribution in [0.4, 0.5) is 5.82 Å². The first kappa shape index (κ1) is 22.4. The van der Waals surface area contributed by atoms with Crippen LogP contribution < -0.4 is 5.73 Å². The Bertz CT molecular complexity index is 1310. The Labute approximate surface area is 215 Å². The molecule has 1 fully saturated rings. The smallest absolute Gasteiger partial charge is 0.147 e. The zero-order valence-electron chi connectivity index (χ0n) is 19.6. The Balaban J connectivity index is 1.20. The van der Waals surface area contributed by atoms with Crippen molar-refractivity contribution in [2.24, 2.45) is 15.4 Å². The minimum atomic E-state index is 0.330. The van der Waals surface area contributed by atoms with Crippen molar-refractivity contribution in [1.82, 2.24) is 14.8 Å². The zero-order chi connectivity index (χ0) is 24.0. The maximum atomic E-state index is 6.37. The number of amidine groups is 1. The summed E-state index contributed by atoms with van der Waals surface area (Å²) in [5.74, 6) is 3.02. The molecule has 0 unspecified atom stereocenters. The fourth-order valence-electron chi connectivity index (χ4n) is 5.43. The highest BCUT2D eigenvalue weighted by atomic mass is 35.5. The van der Waals surface area contributed by atoms with E-state index in [1.54, 1.807) is 6.20 Å². The van der Waals surface area contributed by atoms with Crippen molar-refractivity contribution in [3.8, 4) is 0 Å². The molecular weight excluding hydrogens is 476 g/mol. The first-order chi connectivity index (χ1) is 17.0. The third kappa shape index (κ3) is 4.17. The lowest BCUT2D eigenvalue weighted by atomic mass is 9.76. The average molecular weight is 503 g/mol. The molecular formula is C27H27ClN6S. The van der Waals surface area contributed by atoms with Gasteiger partial charge in [-0.15, -0.1) is 0 Å². The first-order valence-corrected chi connectivity index (χ1v) is 13.1. The van der Waals surface area contributed by atoms with Crippen molar-refractivity contribution in [2.75, 3.05) is 25.9 Å². The van der Waals surface area contributed by atoms with Gasteiger partial charge in [-0.3, -0.25) is 0 Å². The molecule has 1 aromatic heterocycles. The van der Waals surface area contributed by atoms with Gasteiger partial charge in [-0.2, -0.15) is 0 Å². The zero-order valence-corrected chi connectivity index (χ0v) is 21.2. The number of anilines is 1. The predicted molar refractivity (Wildman–Crippen MR) is 145 cm³/mol. The molecule has 2 bridgehead atoms. The number of aliphatic imine (C=N–C) groups is 2. The van der Waals surface area contributed by atoms with E-state index in [0.29, 0.717) is 16.3 Å². The number of thioether (sulfide) groups is 1. The second-order valence-electron chi connectivity index (χ2n) is 9.57. The Kier molecular flexibility index (Phi) is 5.69. The Morgan fingerprint density at radius 3 is 2.54 bits per heavy atom. The van der Waals surface area contributed by atoms with Crippen LogP contribution in [0.3, 0.4) is 0 Å². The molecule has 4 heterocycles. The minimum Gasteiger partial charge on any atom is -0.382 e. The number of pyridine rings is 1. The van der Waals surface area contributed by atoms with Gasteiger partial charge in [0.05, 0.1) is 9.93 Å². The van der Waals surface area contributed by atoms with Crippen LogP contribution in [0.1, 0.15) is 24.0 Å². The van der Waals surface area contributed by atoms with E-state index in [1.165, 1.54) is 48.6 Å². The molecule has 6 nitrogen and oxygen atoms in total. The molecule has 1 saturated heterocycles. The Morgan fingerprint density at radius 1 is 1.06 bits per heavy atom. The second kappa shape index (κ2) is 8.88. The topological polar surface area (TPSA) is 70.1 Å². The molecule has 6 rings (SSSR count). The summed E-state index contributed by atoms with van der Waals surface area (Å²) in [6.45, 7) is 2.03. The molecule has 4 aliphatic rings. The Morgan fingerprint density at radius 2 is 1.80 bits per heavy atom. The molecule has 1 spiro atoms. The van der Waals surface area contributed by atoms with Crippen molar-refractivity contribution < 1.29 is 0 Å². The lowest BCUT2D eigenvalue weighted by Gasteiger charge is -2.40. The van der Waals surface area contributed by atoms with Gasteiger partial charge in [-0.1, -0.05) is 47.6 Å². The number of aromatic nitrogens is 1. The SMILES string of the molecule is CN1C2=NC(N3CCC4(CC3)Cc3ccccc3C4)=CC=NC1=C(Sc1ccnc(N)c1Cl)C=C2. The Hall–Kier alpha value is -3.03. The summed E-state index contributed by atoms with van der Waals surface area (Å²) >= 11 is 7.90. The van der Waals surface area contributed by atoms with Gasteiger partial charge < -0.3 is 15.5 Å². The fraction of sp³-hybridized carbons (Fsp3) is 0.296. The van der Waals surface area contributed by atoms with Gasteiger partial charge in [0.15, 0.2) is 0 Å². The highest BCUT2D eigenvalue weighted by molar-refractivity contribution is 8.03. The average Bonchev–Trinajstić information content (AvgIpc) is 3.22. The molecule has 3 aliphatic heterocycles. The predicted octanol–water partition coefficient (Wildman–Crippen LogP) is 5.29. The van der Waals surface area contributed by atoms with Crippen molar-refractivity contribution in [1.29, 1.82) is 0 Å². The number of hydrogen-bond acceptors (Lipinski definition) is 7.